The number of hydrogen-bond acceptors (Lipinski definition) is 5. The third kappa shape index (κ3) is 4.52. The van der Waals surface area contributed by atoms with E-state index in [2.05, 4.69) is 19.6 Å². The fraction of sp³-hybridized carbons (Fsp3) is 0.412. The van der Waals surface area contributed by atoms with Gasteiger partial charge in [-0.1, -0.05) is 0 Å². The molecular formula is C17H21FN4O2S. The van der Waals surface area contributed by atoms with Crippen molar-refractivity contribution in [2.24, 2.45) is 0 Å². The van der Waals surface area contributed by atoms with Crippen LogP contribution >= 0.6 is 0 Å². The van der Waals surface area contributed by atoms with E-state index in [1.54, 1.807) is 0 Å². The Hall–Kier alpha value is -2.06. The third-order valence-electron chi connectivity index (χ3n) is 4.11. The highest BCUT2D eigenvalue weighted by molar-refractivity contribution is 7.89. The minimum Gasteiger partial charge on any atom is -0.357 e. The molecule has 1 N–H and O–H groups in total. The molecule has 2 aromatic rings. The molecule has 1 saturated heterocycles. The Morgan fingerprint density at radius 3 is 2.48 bits per heavy atom. The Morgan fingerprint density at radius 1 is 1.12 bits per heavy atom. The van der Waals surface area contributed by atoms with E-state index in [9.17, 15) is 12.8 Å². The summed E-state index contributed by atoms with van der Waals surface area (Å²) in [5.41, 5.74) is 0.798. The largest absolute Gasteiger partial charge is 0.357 e. The van der Waals surface area contributed by atoms with E-state index in [1.807, 2.05) is 13.0 Å². The van der Waals surface area contributed by atoms with Gasteiger partial charge in [0.25, 0.3) is 0 Å². The van der Waals surface area contributed by atoms with Crippen LogP contribution in [0.25, 0.3) is 0 Å². The van der Waals surface area contributed by atoms with Gasteiger partial charge in [-0.15, -0.1) is 0 Å². The maximum atomic E-state index is 13.0. The first-order valence-electron chi connectivity index (χ1n) is 8.29. The number of benzene rings is 1. The van der Waals surface area contributed by atoms with E-state index in [-0.39, 0.29) is 11.4 Å². The second-order valence-corrected chi connectivity index (χ2v) is 7.88. The minimum atomic E-state index is -3.74. The lowest BCUT2D eigenvalue weighted by molar-refractivity contribution is 0.569. The number of hydrogen-bond donors (Lipinski definition) is 1. The van der Waals surface area contributed by atoms with Crippen LogP contribution in [0.15, 0.2) is 35.2 Å². The highest BCUT2D eigenvalue weighted by Gasteiger charge is 2.17. The highest BCUT2D eigenvalue weighted by atomic mass is 32.2. The van der Waals surface area contributed by atoms with Crippen LogP contribution in [0, 0.1) is 12.7 Å². The zero-order valence-electron chi connectivity index (χ0n) is 14.1. The molecule has 1 fully saturated rings. The van der Waals surface area contributed by atoms with Gasteiger partial charge in [0, 0.05) is 24.8 Å². The van der Waals surface area contributed by atoms with E-state index in [4.69, 9.17) is 0 Å². The standard InChI is InChI=1S/C17H21FN4O2S/c1-13-11-17(22-9-3-2-4-10-22)21-16(20-13)12-19-25(23,24)15-7-5-14(18)6-8-15/h5-8,11,19H,2-4,9-10,12H2,1H3. The van der Waals surface area contributed by atoms with Gasteiger partial charge in [-0.05, 0) is 50.5 Å². The van der Waals surface area contributed by atoms with Crippen LogP contribution in [-0.4, -0.2) is 31.5 Å². The molecule has 1 aromatic carbocycles. The fourth-order valence-corrected chi connectivity index (χ4v) is 3.81. The monoisotopic (exact) mass is 364 g/mol. The SMILES string of the molecule is Cc1cc(N2CCCCC2)nc(CNS(=O)(=O)c2ccc(F)cc2)n1. The Kier molecular flexibility index (Phi) is 5.29. The number of piperidine rings is 1. The summed E-state index contributed by atoms with van der Waals surface area (Å²) < 4.78 is 40.0. The number of nitrogens with one attached hydrogen (secondary N) is 1. The van der Waals surface area contributed by atoms with Gasteiger partial charge in [0.05, 0.1) is 11.4 Å². The topological polar surface area (TPSA) is 75.2 Å². The van der Waals surface area contributed by atoms with E-state index < -0.39 is 15.8 Å². The van der Waals surface area contributed by atoms with Crippen molar-refractivity contribution in [2.75, 3.05) is 18.0 Å². The van der Waals surface area contributed by atoms with Crippen molar-refractivity contribution in [3.8, 4) is 0 Å². The molecule has 1 aliphatic rings. The molecule has 0 atom stereocenters. The number of sulfonamides is 1. The molecule has 1 aliphatic heterocycles. The summed E-state index contributed by atoms with van der Waals surface area (Å²) in [6.45, 7) is 3.77. The average molecular weight is 364 g/mol. The molecule has 0 bridgehead atoms. The maximum Gasteiger partial charge on any atom is 0.240 e. The number of nitrogens with zero attached hydrogens (tertiary/aromatic N) is 3. The van der Waals surface area contributed by atoms with Crippen LogP contribution in [0.2, 0.25) is 0 Å². The summed E-state index contributed by atoms with van der Waals surface area (Å²) >= 11 is 0. The van der Waals surface area contributed by atoms with Gasteiger partial charge in [0.1, 0.15) is 17.5 Å². The molecule has 0 aliphatic carbocycles. The lowest BCUT2D eigenvalue weighted by Gasteiger charge is -2.28. The Morgan fingerprint density at radius 2 is 1.80 bits per heavy atom. The number of aromatic nitrogens is 2. The molecule has 2 heterocycles. The van der Waals surface area contributed by atoms with Crippen LogP contribution in [0.5, 0.6) is 0 Å². The molecule has 0 unspecified atom stereocenters. The van der Waals surface area contributed by atoms with Gasteiger partial charge in [0.2, 0.25) is 10.0 Å². The quantitative estimate of drug-likeness (QED) is 0.882. The summed E-state index contributed by atoms with van der Waals surface area (Å²) in [5, 5.41) is 0. The van der Waals surface area contributed by atoms with Gasteiger partial charge >= 0.3 is 0 Å². The zero-order chi connectivity index (χ0) is 17.9. The molecule has 0 amide bonds. The minimum absolute atomic E-state index is 0.0117. The molecule has 0 saturated carbocycles. The molecule has 25 heavy (non-hydrogen) atoms. The van der Waals surface area contributed by atoms with Crippen LogP contribution in [-0.2, 0) is 16.6 Å². The smallest absolute Gasteiger partial charge is 0.240 e. The second-order valence-electron chi connectivity index (χ2n) is 6.11. The molecule has 134 valence electrons. The summed E-state index contributed by atoms with van der Waals surface area (Å²) in [6.07, 6.45) is 3.50. The highest BCUT2D eigenvalue weighted by Crippen LogP contribution is 2.18. The van der Waals surface area contributed by atoms with Crippen molar-refractivity contribution in [1.82, 2.24) is 14.7 Å². The van der Waals surface area contributed by atoms with E-state index in [0.717, 1.165) is 49.6 Å². The predicted molar refractivity (Wildman–Crippen MR) is 93.3 cm³/mol. The Labute approximate surface area is 147 Å². The average Bonchev–Trinajstić information content (AvgIpc) is 2.61. The summed E-state index contributed by atoms with van der Waals surface area (Å²) in [7, 11) is -3.74. The maximum absolute atomic E-state index is 13.0. The van der Waals surface area contributed by atoms with Crippen molar-refractivity contribution in [1.29, 1.82) is 0 Å². The van der Waals surface area contributed by atoms with Crippen molar-refractivity contribution < 1.29 is 12.8 Å². The van der Waals surface area contributed by atoms with Crippen molar-refractivity contribution >= 4 is 15.8 Å². The molecule has 0 spiro atoms. The Bertz CT molecular complexity index is 834. The van der Waals surface area contributed by atoms with Gasteiger partial charge < -0.3 is 4.90 Å². The van der Waals surface area contributed by atoms with Gasteiger partial charge in [-0.3, -0.25) is 0 Å². The van der Waals surface area contributed by atoms with E-state index in [0.29, 0.717) is 5.82 Å². The normalized spacial score (nSPS) is 15.4. The fourth-order valence-electron chi connectivity index (χ4n) is 2.83. The van der Waals surface area contributed by atoms with Crippen LogP contribution in [0.4, 0.5) is 10.2 Å². The van der Waals surface area contributed by atoms with Gasteiger partial charge in [-0.2, -0.15) is 0 Å². The first-order valence-corrected chi connectivity index (χ1v) is 9.77. The van der Waals surface area contributed by atoms with E-state index in [1.165, 1.54) is 18.6 Å². The second kappa shape index (κ2) is 7.45. The van der Waals surface area contributed by atoms with Gasteiger partial charge in [0.15, 0.2) is 0 Å². The molecule has 1 aromatic heterocycles. The molecule has 8 heteroatoms. The number of halogens is 1. The lowest BCUT2D eigenvalue weighted by atomic mass is 10.1. The molecular weight excluding hydrogens is 343 g/mol. The van der Waals surface area contributed by atoms with E-state index >= 15 is 0 Å². The molecule has 0 radical (unpaired) electrons. The van der Waals surface area contributed by atoms with Crippen molar-refractivity contribution in [3.63, 3.8) is 0 Å². The van der Waals surface area contributed by atoms with Crippen LogP contribution in [0.3, 0.4) is 0 Å². The predicted octanol–water partition coefficient (Wildman–Crippen LogP) is 2.39. The van der Waals surface area contributed by atoms with Gasteiger partial charge in [-0.25, -0.2) is 27.5 Å². The molecule has 6 nitrogen and oxygen atoms in total. The summed E-state index contributed by atoms with van der Waals surface area (Å²) in [5.74, 6) is 0.779. The number of aryl methyl sites for hydroxylation is 1. The lowest BCUT2D eigenvalue weighted by Crippen LogP contribution is -2.31. The number of rotatable bonds is 5. The molecule has 3 rings (SSSR count). The zero-order valence-corrected chi connectivity index (χ0v) is 14.9. The summed E-state index contributed by atoms with van der Waals surface area (Å²) in [4.78, 5) is 11.0. The van der Waals surface area contributed by atoms with Crippen molar-refractivity contribution in [2.45, 2.75) is 37.6 Å². The summed E-state index contributed by atoms with van der Waals surface area (Å²) in [6, 6.07) is 6.61. The first kappa shape index (κ1) is 17.8. The number of anilines is 1. The first-order chi connectivity index (χ1) is 11.9. The Balaban J connectivity index is 1.74. The third-order valence-corrected chi connectivity index (χ3v) is 5.53. The van der Waals surface area contributed by atoms with Crippen LogP contribution < -0.4 is 9.62 Å². The van der Waals surface area contributed by atoms with Crippen LogP contribution in [0.1, 0.15) is 30.8 Å². The van der Waals surface area contributed by atoms with Crippen molar-refractivity contribution in [3.05, 3.63) is 47.7 Å².